The third kappa shape index (κ3) is 5.40. The number of ether oxygens (including phenoxy) is 2. The van der Waals surface area contributed by atoms with Crippen LogP contribution in [0.1, 0.15) is 40.5 Å². The van der Waals surface area contributed by atoms with E-state index >= 15 is 0 Å². The molecule has 0 fully saturated rings. The number of thioether (sulfide) groups is 1. The minimum absolute atomic E-state index is 0.100. The third-order valence-electron chi connectivity index (χ3n) is 4.87. The Labute approximate surface area is 191 Å². The molecule has 0 unspecified atom stereocenters. The highest BCUT2D eigenvalue weighted by Crippen LogP contribution is 2.41. The quantitative estimate of drug-likeness (QED) is 0.371. The molecule has 0 aliphatic carbocycles. The Hall–Kier alpha value is -2.51. The van der Waals surface area contributed by atoms with Crippen molar-refractivity contribution in [3.8, 4) is 11.5 Å². The van der Waals surface area contributed by atoms with E-state index in [0.29, 0.717) is 18.7 Å². The van der Waals surface area contributed by atoms with Crippen LogP contribution in [0.15, 0.2) is 52.7 Å². The molecule has 0 radical (unpaired) electrons. The van der Waals surface area contributed by atoms with Crippen LogP contribution in [-0.4, -0.2) is 29.6 Å². The summed E-state index contributed by atoms with van der Waals surface area (Å²) in [6, 6.07) is 13.6. The van der Waals surface area contributed by atoms with E-state index in [-0.39, 0.29) is 11.5 Å². The zero-order valence-corrected chi connectivity index (χ0v) is 19.6. The van der Waals surface area contributed by atoms with E-state index in [9.17, 15) is 4.79 Å². The van der Waals surface area contributed by atoms with Crippen LogP contribution < -0.4 is 14.8 Å². The highest BCUT2D eigenvalue weighted by atomic mass is 32.2. The van der Waals surface area contributed by atoms with Gasteiger partial charge in [-0.15, -0.1) is 23.1 Å². The molecular weight excluding hydrogens is 428 g/mol. The van der Waals surface area contributed by atoms with Crippen LogP contribution in [0.3, 0.4) is 0 Å². The molecule has 4 rings (SSSR count). The first-order valence-corrected chi connectivity index (χ1v) is 12.1. The standard InChI is InChI=1S/C24H26N2O3S2/c1-16-26-18(14-30-16)15-31-21-10-5-4-8-19(21)23(27)25-11-12-28-20-9-6-7-17-13-24(2,3)29-22(17)20/h4-10,14H,11-13,15H2,1-3H3,(H,25,27). The molecule has 1 aliphatic rings. The van der Waals surface area contributed by atoms with Gasteiger partial charge in [-0.2, -0.15) is 0 Å². The van der Waals surface area contributed by atoms with Gasteiger partial charge in [-0.05, 0) is 39.0 Å². The van der Waals surface area contributed by atoms with Crippen molar-refractivity contribution < 1.29 is 14.3 Å². The van der Waals surface area contributed by atoms with Crippen LogP contribution in [0.2, 0.25) is 0 Å². The summed E-state index contributed by atoms with van der Waals surface area (Å²) < 4.78 is 11.9. The highest BCUT2D eigenvalue weighted by Gasteiger charge is 2.32. The van der Waals surface area contributed by atoms with Crippen LogP contribution in [-0.2, 0) is 12.2 Å². The van der Waals surface area contributed by atoms with Gasteiger partial charge in [-0.3, -0.25) is 4.79 Å². The second-order valence-electron chi connectivity index (χ2n) is 8.03. The topological polar surface area (TPSA) is 60.5 Å². The summed E-state index contributed by atoms with van der Waals surface area (Å²) in [7, 11) is 0. The van der Waals surface area contributed by atoms with Gasteiger partial charge in [-0.1, -0.05) is 24.3 Å². The van der Waals surface area contributed by atoms with E-state index in [1.54, 1.807) is 23.1 Å². The Morgan fingerprint density at radius 2 is 2.10 bits per heavy atom. The zero-order chi connectivity index (χ0) is 21.8. The smallest absolute Gasteiger partial charge is 0.252 e. The van der Waals surface area contributed by atoms with Crippen molar-refractivity contribution in [1.29, 1.82) is 0 Å². The largest absolute Gasteiger partial charge is 0.488 e. The Morgan fingerprint density at radius 3 is 2.90 bits per heavy atom. The average molecular weight is 455 g/mol. The maximum Gasteiger partial charge on any atom is 0.252 e. The maximum absolute atomic E-state index is 12.7. The predicted octanol–water partition coefficient (Wildman–Crippen LogP) is 5.27. The van der Waals surface area contributed by atoms with E-state index in [0.717, 1.165) is 44.8 Å². The number of nitrogens with zero attached hydrogens (tertiary/aromatic N) is 1. The Balaban J connectivity index is 1.31. The van der Waals surface area contributed by atoms with Crippen LogP contribution in [0.25, 0.3) is 0 Å². The van der Waals surface area contributed by atoms with Crippen molar-refractivity contribution in [2.45, 2.75) is 43.4 Å². The normalized spacial score (nSPS) is 14.0. The zero-order valence-electron chi connectivity index (χ0n) is 17.9. The Bertz CT molecular complexity index is 1080. The van der Waals surface area contributed by atoms with Crippen molar-refractivity contribution in [1.82, 2.24) is 10.3 Å². The van der Waals surface area contributed by atoms with Crippen LogP contribution >= 0.6 is 23.1 Å². The van der Waals surface area contributed by atoms with Gasteiger partial charge < -0.3 is 14.8 Å². The lowest BCUT2D eigenvalue weighted by Crippen LogP contribution is -2.28. The van der Waals surface area contributed by atoms with E-state index < -0.39 is 0 Å². The number of fused-ring (bicyclic) bond motifs is 1. The van der Waals surface area contributed by atoms with Gasteiger partial charge >= 0.3 is 0 Å². The molecule has 0 saturated heterocycles. The molecule has 1 N–H and O–H groups in total. The lowest BCUT2D eigenvalue weighted by Gasteiger charge is -2.18. The summed E-state index contributed by atoms with van der Waals surface area (Å²) in [5, 5.41) is 6.08. The number of carbonyl (C=O) groups excluding carboxylic acids is 1. The number of hydrogen-bond acceptors (Lipinski definition) is 6. The molecule has 2 aromatic carbocycles. The summed E-state index contributed by atoms with van der Waals surface area (Å²) >= 11 is 3.27. The summed E-state index contributed by atoms with van der Waals surface area (Å²) in [4.78, 5) is 18.2. The summed E-state index contributed by atoms with van der Waals surface area (Å²) in [5.74, 6) is 2.19. The monoisotopic (exact) mass is 454 g/mol. The summed E-state index contributed by atoms with van der Waals surface area (Å²) in [5.41, 5.74) is 2.66. The van der Waals surface area contributed by atoms with Crippen LogP contribution in [0, 0.1) is 6.92 Å². The molecule has 162 valence electrons. The number of rotatable bonds is 8. The van der Waals surface area contributed by atoms with Crippen molar-refractivity contribution in [3.05, 3.63) is 69.7 Å². The average Bonchev–Trinajstić information content (AvgIpc) is 3.30. The second kappa shape index (κ2) is 9.32. The molecule has 7 heteroatoms. The first-order valence-electron chi connectivity index (χ1n) is 10.3. The second-order valence-corrected chi connectivity index (χ2v) is 10.1. The molecule has 1 aliphatic heterocycles. The van der Waals surface area contributed by atoms with E-state index in [2.05, 4.69) is 35.6 Å². The fourth-order valence-electron chi connectivity index (χ4n) is 3.53. The number of para-hydroxylation sites is 1. The number of aromatic nitrogens is 1. The molecule has 0 saturated carbocycles. The van der Waals surface area contributed by atoms with Crippen molar-refractivity contribution in [3.63, 3.8) is 0 Å². The number of aryl methyl sites for hydroxylation is 1. The highest BCUT2D eigenvalue weighted by molar-refractivity contribution is 7.98. The van der Waals surface area contributed by atoms with Gasteiger partial charge in [0.15, 0.2) is 11.5 Å². The first-order chi connectivity index (χ1) is 14.9. The Kier molecular flexibility index (Phi) is 6.53. The van der Waals surface area contributed by atoms with Gasteiger partial charge in [0.1, 0.15) is 12.2 Å². The number of hydrogen-bond donors (Lipinski definition) is 1. The van der Waals surface area contributed by atoms with Gasteiger partial charge in [-0.25, -0.2) is 4.98 Å². The van der Waals surface area contributed by atoms with E-state index in [1.165, 1.54) is 0 Å². The number of benzene rings is 2. The summed E-state index contributed by atoms with van der Waals surface area (Å²) in [6.45, 7) is 6.93. The fraction of sp³-hybridized carbons (Fsp3) is 0.333. The fourth-order valence-corrected chi connectivity index (χ4v) is 5.19. The molecule has 31 heavy (non-hydrogen) atoms. The third-order valence-corrected chi connectivity index (χ3v) is 6.80. The van der Waals surface area contributed by atoms with Crippen molar-refractivity contribution in [2.75, 3.05) is 13.2 Å². The van der Waals surface area contributed by atoms with Gasteiger partial charge in [0, 0.05) is 28.0 Å². The molecule has 0 spiro atoms. The molecule has 5 nitrogen and oxygen atoms in total. The minimum Gasteiger partial charge on any atom is -0.488 e. The summed E-state index contributed by atoms with van der Waals surface area (Å²) in [6.07, 6.45) is 0.866. The van der Waals surface area contributed by atoms with Crippen LogP contribution in [0.4, 0.5) is 0 Å². The van der Waals surface area contributed by atoms with Gasteiger partial charge in [0.2, 0.25) is 0 Å². The molecular formula is C24H26N2O3S2. The van der Waals surface area contributed by atoms with Gasteiger partial charge in [0.05, 0.1) is 22.8 Å². The number of nitrogens with one attached hydrogen (secondary N) is 1. The van der Waals surface area contributed by atoms with Gasteiger partial charge in [0.25, 0.3) is 5.91 Å². The lowest BCUT2D eigenvalue weighted by molar-refractivity contribution is 0.0943. The maximum atomic E-state index is 12.7. The number of amides is 1. The molecule has 3 aromatic rings. The first kappa shape index (κ1) is 21.7. The minimum atomic E-state index is -0.214. The SMILES string of the molecule is Cc1nc(CSc2ccccc2C(=O)NCCOc2cccc3c2OC(C)(C)C3)cs1. The number of carbonyl (C=O) groups is 1. The molecule has 0 atom stereocenters. The predicted molar refractivity (Wildman–Crippen MR) is 126 cm³/mol. The van der Waals surface area contributed by atoms with E-state index in [4.69, 9.17) is 9.47 Å². The van der Waals surface area contributed by atoms with Crippen molar-refractivity contribution >= 4 is 29.0 Å². The molecule has 2 heterocycles. The van der Waals surface area contributed by atoms with Crippen LogP contribution in [0.5, 0.6) is 11.5 Å². The lowest BCUT2D eigenvalue weighted by atomic mass is 10.0. The van der Waals surface area contributed by atoms with E-state index in [1.807, 2.05) is 43.3 Å². The molecule has 0 bridgehead atoms. The van der Waals surface area contributed by atoms with Crippen molar-refractivity contribution in [2.24, 2.45) is 0 Å². The molecule has 1 aromatic heterocycles. The molecule has 1 amide bonds. The number of thiazole rings is 1. The Morgan fingerprint density at radius 1 is 1.26 bits per heavy atom.